The molecule has 0 N–H and O–H groups in total. The number of allylic oxidation sites excluding steroid dienone is 2. The number of hydrogen-bond donors (Lipinski definition) is 0. The monoisotopic (exact) mass is 440 g/mol. The molecule has 1 saturated carbocycles. The predicted octanol–water partition coefficient (Wildman–Crippen LogP) is 5.40. The third-order valence-corrected chi connectivity index (χ3v) is 8.66. The van der Waals surface area contributed by atoms with Crippen LogP contribution in [0, 0.1) is 17.3 Å². The van der Waals surface area contributed by atoms with Crippen molar-refractivity contribution in [3.63, 3.8) is 0 Å². The van der Waals surface area contributed by atoms with Gasteiger partial charge in [-0.15, -0.1) is 0 Å². The molecule has 6 rings (SSSR count). The first-order valence-corrected chi connectivity index (χ1v) is 11.9. The van der Waals surface area contributed by atoms with Crippen LogP contribution in [0.3, 0.4) is 0 Å². The highest BCUT2D eigenvalue weighted by Crippen LogP contribution is 2.63. The number of carbonyl (C=O) groups excluding carboxylic acids is 2. The van der Waals surface area contributed by atoms with E-state index in [4.69, 9.17) is 4.74 Å². The molecular weight excluding hydrogens is 412 g/mol. The highest BCUT2D eigenvalue weighted by Gasteiger charge is 2.54. The highest BCUT2D eigenvalue weighted by molar-refractivity contribution is 5.91. The van der Waals surface area contributed by atoms with Crippen molar-refractivity contribution in [1.82, 2.24) is 9.55 Å². The quantitative estimate of drug-likeness (QED) is 0.404. The third kappa shape index (κ3) is 2.87. The van der Waals surface area contributed by atoms with Crippen molar-refractivity contribution in [2.75, 3.05) is 7.11 Å². The topological polar surface area (TPSA) is 61.2 Å². The van der Waals surface area contributed by atoms with Gasteiger partial charge in [-0.3, -0.25) is 4.79 Å². The summed E-state index contributed by atoms with van der Waals surface area (Å²) in [6, 6.07) is 14.2. The second-order valence-electron chi connectivity index (χ2n) is 10.1. The summed E-state index contributed by atoms with van der Waals surface area (Å²) in [7, 11) is 1.43. The molecule has 0 bridgehead atoms. The molecule has 0 aliphatic heterocycles. The number of imidazole rings is 1. The summed E-state index contributed by atoms with van der Waals surface area (Å²) in [5.41, 5.74) is 7.36. The van der Waals surface area contributed by atoms with Crippen LogP contribution < -0.4 is 0 Å². The number of nitrogens with zero attached hydrogens (tertiary/aromatic N) is 2. The van der Waals surface area contributed by atoms with Gasteiger partial charge in [-0.1, -0.05) is 25.1 Å². The number of fused-ring (bicyclic) bond motifs is 6. The molecule has 0 radical (unpaired) electrons. The molecule has 3 unspecified atom stereocenters. The summed E-state index contributed by atoms with van der Waals surface area (Å²) >= 11 is 0. The van der Waals surface area contributed by atoms with Gasteiger partial charge in [0, 0.05) is 16.7 Å². The maximum atomic E-state index is 12.3. The molecule has 1 heterocycles. The Hall–Kier alpha value is -3.21. The fourth-order valence-electron chi connectivity index (χ4n) is 7.19. The van der Waals surface area contributed by atoms with E-state index < -0.39 is 0 Å². The zero-order valence-corrected chi connectivity index (χ0v) is 19.1. The zero-order valence-electron chi connectivity index (χ0n) is 19.1. The summed E-state index contributed by atoms with van der Waals surface area (Å²) in [4.78, 5) is 28.9. The van der Waals surface area contributed by atoms with Crippen LogP contribution in [-0.2, 0) is 16.0 Å². The fraction of sp³-hybridized carbons (Fsp3) is 0.393. The van der Waals surface area contributed by atoms with Crippen LogP contribution in [-0.4, -0.2) is 28.9 Å². The standard InChI is InChI=1S/C28H28N2O3/c1-28-12-11-21-20-9-8-18(27(32)33-2)13-17(20)7-10-22(21)23(28)14-19(15-31)26(28)30-16-29-24-5-3-4-6-25(24)30/h3-6,8-9,13,15-16,21-23H,7,10-12,14H2,1-2H3/t21?,22?,23?,28-/m0/s1. The molecule has 0 amide bonds. The van der Waals surface area contributed by atoms with E-state index in [1.54, 1.807) is 0 Å². The predicted molar refractivity (Wildman–Crippen MR) is 127 cm³/mol. The van der Waals surface area contributed by atoms with Gasteiger partial charge in [0.2, 0.25) is 0 Å². The highest BCUT2D eigenvalue weighted by atomic mass is 16.5. The van der Waals surface area contributed by atoms with Crippen molar-refractivity contribution in [2.45, 2.75) is 44.9 Å². The number of aromatic nitrogens is 2. The third-order valence-electron chi connectivity index (χ3n) is 8.66. The lowest BCUT2D eigenvalue weighted by Crippen LogP contribution is -2.41. The summed E-state index contributed by atoms with van der Waals surface area (Å²) in [5, 5.41) is 0. The van der Waals surface area contributed by atoms with Crippen LogP contribution in [0.15, 0.2) is 54.4 Å². The number of aryl methyl sites for hydroxylation is 1. The van der Waals surface area contributed by atoms with E-state index in [9.17, 15) is 9.59 Å². The van der Waals surface area contributed by atoms with Gasteiger partial charge < -0.3 is 9.30 Å². The van der Waals surface area contributed by atoms with Gasteiger partial charge in [0.05, 0.1) is 23.7 Å². The number of rotatable bonds is 3. The lowest BCUT2D eigenvalue weighted by molar-refractivity contribution is -0.105. The minimum absolute atomic E-state index is 0.0512. The Labute approximate surface area is 193 Å². The summed E-state index contributed by atoms with van der Waals surface area (Å²) in [5.74, 6) is 1.16. The minimum atomic E-state index is -0.274. The second-order valence-corrected chi connectivity index (χ2v) is 10.1. The van der Waals surface area contributed by atoms with Gasteiger partial charge in [0.25, 0.3) is 0 Å². The van der Waals surface area contributed by atoms with Crippen LogP contribution in [0.2, 0.25) is 0 Å². The molecule has 168 valence electrons. The first kappa shape index (κ1) is 20.4. The fourth-order valence-corrected chi connectivity index (χ4v) is 7.19. The summed E-state index contributed by atoms with van der Waals surface area (Å²) in [6.07, 6.45) is 8.00. The molecule has 3 aliphatic carbocycles. The molecule has 5 nitrogen and oxygen atoms in total. The van der Waals surface area contributed by atoms with Crippen LogP contribution in [0.5, 0.6) is 0 Å². The summed E-state index contributed by atoms with van der Waals surface area (Å²) < 4.78 is 7.10. The van der Waals surface area contributed by atoms with E-state index in [0.717, 1.165) is 60.7 Å². The largest absolute Gasteiger partial charge is 0.465 e. The van der Waals surface area contributed by atoms with E-state index in [1.165, 1.54) is 18.2 Å². The average molecular weight is 441 g/mol. The van der Waals surface area contributed by atoms with E-state index >= 15 is 0 Å². The summed E-state index contributed by atoms with van der Waals surface area (Å²) in [6.45, 7) is 2.37. The van der Waals surface area contributed by atoms with Crippen molar-refractivity contribution >= 4 is 29.0 Å². The van der Waals surface area contributed by atoms with Crippen molar-refractivity contribution < 1.29 is 14.3 Å². The lowest BCUT2D eigenvalue weighted by atomic mass is 9.55. The number of benzene rings is 2. The maximum absolute atomic E-state index is 12.3. The average Bonchev–Trinajstić information content (AvgIpc) is 3.40. The molecule has 33 heavy (non-hydrogen) atoms. The van der Waals surface area contributed by atoms with Crippen molar-refractivity contribution in [2.24, 2.45) is 17.3 Å². The second kappa shape index (κ2) is 7.41. The smallest absolute Gasteiger partial charge is 0.337 e. The molecule has 0 spiro atoms. The number of methoxy groups -OCH3 is 1. The Morgan fingerprint density at radius 1 is 1.21 bits per heavy atom. The number of hydrogen-bond acceptors (Lipinski definition) is 4. The van der Waals surface area contributed by atoms with Gasteiger partial charge in [-0.05, 0) is 85.3 Å². The van der Waals surface area contributed by atoms with Crippen LogP contribution in [0.1, 0.15) is 60.0 Å². The van der Waals surface area contributed by atoms with Crippen molar-refractivity contribution in [1.29, 1.82) is 0 Å². The Balaban J connectivity index is 1.39. The number of para-hydroxylation sites is 2. The van der Waals surface area contributed by atoms with E-state index in [0.29, 0.717) is 23.3 Å². The maximum Gasteiger partial charge on any atom is 0.337 e. The van der Waals surface area contributed by atoms with Crippen LogP contribution >= 0.6 is 0 Å². The molecule has 5 heteroatoms. The molecule has 2 aromatic carbocycles. The molecule has 3 aliphatic rings. The van der Waals surface area contributed by atoms with Crippen molar-refractivity contribution in [3.8, 4) is 0 Å². The number of ether oxygens (including phenoxy) is 1. The molecule has 0 saturated heterocycles. The number of esters is 1. The van der Waals surface area contributed by atoms with Gasteiger partial charge in [-0.2, -0.15) is 0 Å². The molecular formula is C28H28N2O3. The van der Waals surface area contributed by atoms with E-state index in [1.807, 2.05) is 36.7 Å². The minimum Gasteiger partial charge on any atom is -0.465 e. The van der Waals surface area contributed by atoms with E-state index in [2.05, 4.69) is 28.6 Å². The van der Waals surface area contributed by atoms with Gasteiger partial charge in [0.1, 0.15) is 12.6 Å². The van der Waals surface area contributed by atoms with E-state index in [-0.39, 0.29) is 11.4 Å². The van der Waals surface area contributed by atoms with Gasteiger partial charge >= 0.3 is 5.97 Å². The first-order valence-electron chi connectivity index (χ1n) is 11.9. The molecule has 1 aromatic heterocycles. The van der Waals surface area contributed by atoms with Gasteiger partial charge in [0.15, 0.2) is 0 Å². The number of aldehydes is 1. The lowest BCUT2D eigenvalue weighted by Gasteiger charge is -2.50. The normalized spacial score (nSPS) is 28.2. The Kier molecular flexibility index (Phi) is 4.58. The van der Waals surface area contributed by atoms with Crippen LogP contribution in [0.25, 0.3) is 16.7 Å². The Morgan fingerprint density at radius 3 is 2.88 bits per heavy atom. The Morgan fingerprint density at radius 2 is 2.06 bits per heavy atom. The van der Waals surface area contributed by atoms with Gasteiger partial charge in [-0.25, -0.2) is 9.78 Å². The first-order chi connectivity index (χ1) is 16.0. The van der Waals surface area contributed by atoms with Crippen LogP contribution in [0.4, 0.5) is 0 Å². The molecule has 1 fully saturated rings. The zero-order chi connectivity index (χ0) is 22.7. The molecule has 4 atom stereocenters. The SMILES string of the molecule is COC(=O)c1ccc2c(c1)CCC1C2CC[C@]2(C)C(n3cnc4ccccc43)=C(C=O)CC12. The Bertz CT molecular complexity index is 1320. The van der Waals surface area contributed by atoms with Crippen molar-refractivity contribution in [3.05, 3.63) is 71.1 Å². The molecule has 3 aromatic rings. The number of carbonyl (C=O) groups is 2.